The first kappa shape index (κ1) is 21.3. The van der Waals surface area contributed by atoms with Gasteiger partial charge in [-0.2, -0.15) is 0 Å². The van der Waals surface area contributed by atoms with Crippen LogP contribution in [0.15, 0.2) is 54.6 Å². The first-order valence-corrected chi connectivity index (χ1v) is 10.8. The van der Waals surface area contributed by atoms with Gasteiger partial charge in [-0.15, -0.1) is 0 Å². The highest BCUT2D eigenvalue weighted by Crippen LogP contribution is 2.36. The molecule has 1 saturated carbocycles. The van der Waals surface area contributed by atoms with Gasteiger partial charge in [0.25, 0.3) is 0 Å². The van der Waals surface area contributed by atoms with Crippen molar-refractivity contribution in [2.24, 2.45) is 17.8 Å². The molecule has 0 heterocycles. The van der Waals surface area contributed by atoms with Gasteiger partial charge in [-0.3, -0.25) is 9.59 Å². The monoisotopic (exact) mass is 392 g/mol. The molecule has 29 heavy (non-hydrogen) atoms. The van der Waals surface area contributed by atoms with Crippen LogP contribution in [0.1, 0.15) is 74.4 Å². The molecule has 3 rings (SSSR count). The molecule has 4 atom stereocenters. The van der Waals surface area contributed by atoms with E-state index in [9.17, 15) is 9.59 Å². The van der Waals surface area contributed by atoms with E-state index in [1.54, 1.807) is 6.07 Å². The van der Waals surface area contributed by atoms with Gasteiger partial charge < -0.3 is 4.74 Å². The highest BCUT2D eigenvalue weighted by molar-refractivity contribution is 6.09. The van der Waals surface area contributed by atoms with Crippen molar-refractivity contribution < 1.29 is 14.3 Å². The summed E-state index contributed by atoms with van der Waals surface area (Å²) in [6, 6.07) is 16.6. The summed E-state index contributed by atoms with van der Waals surface area (Å²) >= 11 is 0. The first-order valence-electron chi connectivity index (χ1n) is 10.8. The van der Waals surface area contributed by atoms with Crippen LogP contribution >= 0.6 is 0 Å². The van der Waals surface area contributed by atoms with Crippen molar-refractivity contribution in [3.05, 3.63) is 71.3 Å². The molecule has 0 aliphatic heterocycles. The first-order chi connectivity index (χ1) is 13.9. The molecule has 1 aliphatic rings. The molecular weight excluding hydrogens is 360 g/mol. The van der Waals surface area contributed by atoms with Gasteiger partial charge in [0.05, 0.1) is 5.92 Å². The molecule has 0 N–H and O–H groups in total. The summed E-state index contributed by atoms with van der Waals surface area (Å²) in [5.41, 5.74) is 2.07. The number of benzene rings is 2. The molecule has 0 saturated heterocycles. The average molecular weight is 393 g/mol. The van der Waals surface area contributed by atoms with Gasteiger partial charge in [-0.1, -0.05) is 75.7 Å². The lowest BCUT2D eigenvalue weighted by Crippen LogP contribution is -2.36. The Bertz CT molecular complexity index is 840. The van der Waals surface area contributed by atoms with E-state index in [0.717, 1.165) is 18.4 Å². The molecule has 0 radical (unpaired) electrons. The number of hydrogen-bond acceptors (Lipinski definition) is 3. The van der Waals surface area contributed by atoms with Crippen molar-refractivity contribution >= 4 is 11.8 Å². The van der Waals surface area contributed by atoms with Gasteiger partial charge in [0.2, 0.25) is 0 Å². The van der Waals surface area contributed by atoms with E-state index >= 15 is 0 Å². The van der Waals surface area contributed by atoms with Gasteiger partial charge in [-0.05, 0) is 49.1 Å². The quantitative estimate of drug-likeness (QED) is 0.446. The molecule has 2 aromatic carbocycles. The van der Waals surface area contributed by atoms with Crippen LogP contribution in [0.2, 0.25) is 0 Å². The Hall–Kier alpha value is -2.42. The fraction of sp³-hybridized carbons (Fsp3) is 0.462. The minimum absolute atomic E-state index is 0.0113. The van der Waals surface area contributed by atoms with Crippen molar-refractivity contribution in [3.63, 3.8) is 0 Å². The van der Waals surface area contributed by atoms with Crippen LogP contribution in [-0.2, 0) is 9.53 Å². The molecule has 154 valence electrons. The summed E-state index contributed by atoms with van der Waals surface area (Å²) in [5, 5.41) is 0. The Morgan fingerprint density at radius 3 is 2.31 bits per heavy atom. The zero-order chi connectivity index (χ0) is 21.0. The SMILES string of the molecule is CC(C)[C@@H]1CC[C@@H](C)C[C@H]1OC(=O)[C@H](C)c1cccc(C(=O)c2ccccc2)c1. The molecular formula is C26H32O3. The van der Waals surface area contributed by atoms with E-state index in [1.807, 2.05) is 55.5 Å². The Morgan fingerprint density at radius 1 is 0.931 bits per heavy atom. The standard InChI is InChI=1S/C26H32O3/c1-17(2)23-14-13-18(3)15-24(23)29-26(28)19(4)21-11-8-12-22(16-21)25(27)20-9-6-5-7-10-20/h5-12,16-19,23-24H,13-15H2,1-4H3/t18-,19-,23+,24-/m1/s1. The predicted octanol–water partition coefficient (Wildman–Crippen LogP) is 6.03. The van der Waals surface area contributed by atoms with Crippen LogP contribution in [0.25, 0.3) is 0 Å². The Kier molecular flexibility index (Phi) is 6.89. The Balaban J connectivity index is 1.73. The van der Waals surface area contributed by atoms with Crippen molar-refractivity contribution in [1.82, 2.24) is 0 Å². The number of ether oxygens (including phenoxy) is 1. The van der Waals surface area contributed by atoms with Gasteiger partial charge >= 0.3 is 5.97 Å². The second kappa shape index (κ2) is 9.39. The average Bonchev–Trinajstić information content (AvgIpc) is 2.73. The van der Waals surface area contributed by atoms with Crippen LogP contribution in [0, 0.1) is 17.8 Å². The molecule has 3 nitrogen and oxygen atoms in total. The van der Waals surface area contributed by atoms with Gasteiger partial charge in [0.1, 0.15) is 6.10 Å². The van der Waals surface area contributed by atoms with Gasteiger partial charge in [0, 0.05) is 11.1 Å². The third-order valence-corrected chi connectivity index (χ3v) is 6.27. The zero-order valence-electron chi connectivity index (χ0n) is 17.9. The fourth-order valence-corrected chi connectivity index (χ4v) is 4.34. The summed E-state index contributed by atoms with van der Waals surface area (Å²) in [5.74, 6) is 0.886. The molecule has 1 fully saturated rings. The summed E-state index contributed by atoms with van der Waals surface area (Å²) in [7, 11) is 0. The summed E-state index contributed by atoms with van der Waals surface area (Å²) < 4.78 is 6.01. The number of esters is 1. The summed E-state index contributed by atoms with van der Waals surface area (Å²) in [6.45, 7) is 8.53. The maximum atomic E-state index is 12.9. The van der Waals surface area contributed by atoms with Gasteiger partial charge in [-0.25, -0.2) is 0 Å². The van der Waals surface area contributed by atoms with Crippen LogP contribution in [0.5, 0.6) is 0 Å². The molecule has 0 unspecified atom stereocenters. The fourth-order valence-electron chi connectivity index (χ4n) is 4.34. The van der Waals surface area contributed by atoms with E-state index in [1.165, 1.54) is 6.42 Å². The van der Waals surface area contributed by atoms with E-state index in [4.69, 9.17) is 4.74 Å². The van der Waals surface area contributed by atoms with Crippen molar-refractivity contribution in [1.29, 1.82) is 0 Å². The highest BCUT2D eigenvalue weighted by Gasteiger charge is 2.34. The van der Waals surface area contributed by atoms with E-state index in [-0.39, 0.29) is 17.9 Å². The number of carbonyl (C=O) groups excluding carboxylic acids is 2. The summed E-state index contributed by atoms with van der Waals surface area (Å²) in [4.78, 5) is 25.7. The highest BCUT2D eigenvalue weighted by atomic mass is 16.5. The summed E-state index contributed by atoms with van der Waals surface area (Å²) in [6.07, 6.45) is 3.25. The third-order valence-electron chi connectivity index (χ3n) is 6.27. The van der Waals surface area contributed by atoms with E-state index < -0.39 is 5.92 Å². The number of hydrogen-bond donors (Lipinski definition) is 0. The molecule has 1 aliphatic carbocycles. The zero-order valence-corrected chi connectivity index (χ0v) is 17.9. The third kappa shape index (κ3) is 5.14. The molecule has 0 aromatic heterocycles. The van der Waals surface area contributed by atoms with Crippen LogP contribution in [0.4, 0.5) is 0 Å². The number of ketones is 1. The van der Waals surface area contributed by atoms with Crippen molar-refractivity contribution in [3.8, 4) is 0 Å². The molecule has 0 amide bonds. The maximum absolute atomic E-state index is 12.9. The largest absolute Gasteiger partial charge is 0.462 e. The van der Waals surface area contributed by atoms with E-state index in [2.05, 4.69) is 20.8 Å². The lowest BCUT2D eigenvalue weighted by atomic mass is 9.75. The molecule has 2 aromatic rings. The molecule has 0 spiro atoms. The lowest BCUT2D eigenvalue weighted by molar-refractivity contribution is -0.157. The maximum Gasteiger partial charge on any atom is 0.313 e. The molecule has 3 heteroatoms. The van der Waals surface area contributed by atoms with E-state index in [0.29, 0.717) is 28.9 Å². The second-order valence-electron chi connectivity index (χ2n) is 8.84. The topological polar surface area (TPSA) is 43.4 Å². The van der Waals surface area contributed by atoms with Gasteiger partial charge in [0.15, 0.2) is 5.78 Å². The number of carbonyl (C=O) groups is 2. The number of rotatable bonds is 6. The normalized spacial score (nSPS) is 22.9. The minimum Gasteiger partial charge on any atom is -0.462 e. The van der Waals surface area contributed by atoms with Crippen LogP contribution in [-0.4, -0.2) is 17.9 Å². The lowest BCUT2D eigenvalue weighted by Gasteiger charge is -2.37. The Labute approximate surface area is 174 Å². The molecule has 0 bridgehead atoms. The van der Waals surface area contributed by atoms with Crippen LogP contribution < -0.4 is 0 Å². The Morgan fingerprint density at radius 2 is 1.62 bits per heavy atom. The second-order valence-corrected chi connectivity index (χ2v) is 8.84. The van der Waals surface area contributed by atoms with Crippen molar-refractivity contribution in [2.45, 2.75) is 59.0 Å². The van der Waals surface area contributed by atoms with Crippen molar-refractivity contribution in [2.75, 3.05) is 0 Å². The smallest absolute Gasteiger partial charge is 0.313 e. The minimum atomic E-state index is -0.399. The van der Waals surface area contributed by atoms with Crippen LogP contribution in [0.3, 0.4) is 0 Å². The predicted molar refractivity (Wildman–Crippen MR) is 116 cm³/mol.